The molecule has 0 aromatic heterocycles. The van der Waals surface area contributed by atoms with Crippen LogP contribution in [0.2, 0.25) is 0 Å². The highest BCUT2D eigenvalue weighted by Crippen LogP contribution is 2.16. The molecule has 3 N–H and O–H groups in total. The zero-order valence-corrected chi connectivity index (χ0v) is 10.7. The standard InChI is InChI=1S/C12H16FN3O3/c1-14-5-6-16(2)12(19)15-10-7-8(11(17)18)3-4-9(10)13/h3-4,7,14H,5-6H2,1-2H3,(H,15,19)(H,17,18). The Morgan fingerprint density at radius 3 is 2.68 bits per heavy atom. The van der Waals surface area contributed by atoms with Gasteiger partial charge < -0.3 is 20.6 Å². The summed E-state index contributed by atoms with van der Waals surface area (Å²) in [5, 5.41) is 14.0. The average molecular weight is 269 g/mol. The monoisotopic (exact) mass is 269 g/mol. The van der Waals surface area contributed by atoms with Gasteiger partial charge in [0.25, 0.3) is 0 Å². The first kappa shape index (κ1) is 14.9. The molecule has 0 unspecified atom stereocenters. The molecule has 1 rings (SSSR count). The largest absolute Gasteiger partial charge is 0.478 e. The summed E-state index contributed by atoms with van der Waals surface area (Å²) < 4.78 is 13.5. The Morgan fingerprint density at radius 1 is 1.42 bits per heavy atom. The maximum absolute atomic E-state index is 13.5. The molecular weight excluding hydrogens is 253 g/mol. The van der Waals surface area contributed by atoms with E-state index in [1.165, 1.54) is 4.90 Å². The highest BCUT2D eigenvalue weighted by Gasteiger charge is 2.13. The Balaban J connectivity index is 2.78. The molecule has 6 nitrogen and oxygen atoms in total. The summed E-state index contributed by atoms with van der Waals surface area (Å²) in [6.07, 6.45) is 0. The zero-order valence-electron chi connectivity index (χ0n) is 10.7. The summed E-state index contributed by atoms with van der Waals surface area (Å²) in [6, 6.07) is 2.73. The molecule has 0 radical (unpaired) electrons. The highest BCUT2D eigenvalue weighted by molar-refractivity contribution is 5.93. The fourth-order valence-electron chi connectivity index (χ4n) is 1.35. The van der Waals surface area contributed by atoms with Gasteiger partial charge in [-0.05, 0) is 25.2 Å². The number of aromatic carboxylic acids is 1. The third-order valence-electron chi connectivity index (χ3n) is 2.50. The Labute approximate surface area is 110 Å². The third kappa shape index (κ3) is 4.22. The molecule has 1 aromatic carbocycles. The normalized spacial score (nSPS) is 10.1. The number of rotatable bonds is 5. The molecule has 19 heavy (non-hydrogen) atoms. The molecular formula is C12H16FN3O3. The second-order valence-corrected chi connectivity index (χ2v) is 3.96. The number of carbonyl (C=O) groups excluding carboxylic acids is 1. The van der Waals surface area contributed by atoms with E-state index < -0.39 is 17.8 Å². The first-order valence-corrected chi connectivity index (χ1v) is 5.65. The number of nitrogens with zero attached hydrogens (tertiary/aromatic N) is 1. The topological polar surface area (TPSA) is 81.7 Å². The number of hydrogen-bond acceptors (Lipinski definition) is 3. The number of carboxylic acids is 1. The first-order chi connectivity index (χ1) is 8.95. The fourth-order valence-corrected chi connectivity index (χ4v) is 1.35. The van der Waals surface area contributed by atoms with E-state index in [9.17, 15) is 14.0 Å². The number of urea groups is 1. The molecule has 104 valence electrons. The van der Waals surface area contributed by atoms with E-state index in [2.05, 4.69) is 10.6 Å². The van der Waals surface area contributed by atoms with Crippen LogP contribution in [0.1, 0.15) is 10.4 Å². The minimum absolute atomic E-state index is 0.0884. The number of halogens is 1. The van der Waals surface area contributed by atoms with Gasteiger partial charge in [0, 0.05) is 20.1 Å². The molecule has 7 heteroatoms. The van der Waals surface area contributed by atoms with Gasteiger partial charge in [0.1, 0.15) is 5.82 Å². The van der Waals surface area contributed by atoms with Crippen LogP contribution in [-0.4, -0.2) is 49.2 Å². The minimum atomic E-state index is -1.18. The molecule has 0 atom stereocenters. The molecule has 0 aliphatic carbocycles. The number of benzene rings is 1. The Bertz CT molecular complexity index is 479. The van der Waals surface area contributed by atoms with Crippen molar-refractivity contribution in [2.45, 2.75) is 0 Å². The Hall–Kier alpha value is -2.15. The smallest absolute Gasteiger partial charge is 0.335 e. The Kier molecular flexibility index (Phi) is 5.25. The summed E-state index contributed by atoms with van der Waals surface area (Å²) in [7, 11) is 3.31. The van der Waals surface area contributed by atoms with Crippen LogP contribution in [0.15, 0.2) is 18.2 Å². The van der Waals surface area contributed by atoms with Gasteiger partial charge in [-0.3, -0.25) is 0 Å². The van der Waals surface area contributed by atoms with Crippen molar-refractivity contribution in [1.29, 1.82) is 0 Å². The van der Waals surface area contributed by atoms with Gasteiger partial charge in [-0.2, -0.15) is 0 Å². The maximum atomic E-state index is 13.5. The van der Waals surface area contributed by atoms with Gasteiger partial charge in [-0.1, -0.05) is 0 Å². The first-order valence-electron chi connectivity index (χ1n) is 5.65. The highest BCUT2D eigenvalue weighted by atomic mass is 19.1. The van der Waals surface area contributed by atoms with Crippen LogP contribution < -0.4 is 10.6 Å². The third-order valence-corrected chi connectivity index (χ3v) is 2.50. The van der Waals surface area contributed by atoms with Crippen molar-refractivity contribution in [2.24, 2.45) is 0 Å². The van der Waals surface area contributed by atoms with Crippen LogP contribution in [0.4, 0.5) is 14.9 Å². The van der Waals surface area contributed by atoms with Gasteiger partial charge in [-0.15, -0.1) is 0 Å². The van der Waals surface area contributed by atoms with Crippen molar-refractivity contribution in [3.8, 4) is 0 Å². The van der Waals surface area contributed by atoms with Gasteiger partial charge >= 0.3 is 12.0 Å². The van der Waals surface area contributed by atoms with Gasteiger partial charge in [0.2, 0.25) is 0 Å². The molecule has 0 saturated heterocycles. The lowest BCUT2D eigenvalue weighted by molar-refractivity contribution is 0.0697. The fraction of sp³-hybridized carbons (Fsp3) is 0.333. The van der Waals surface area contributed by atoms with Crippen LogP contribution in [0.3, 0.4) is 0 Å². The lowest BCUT2D eigenvalue weighted by atomic mass is 10.2. The predicted molar refractivity (Wildman–Crippen MR) is 68.9 cm³/mol. The van der Waals surface area contributed by atoms with Crippen molar-refractivity contribution in [3.05, 3.63) is 29.6 Å². The SMILES string of the molecule is CNCCN(C)C(=O)Nc1cc(C(=O)O)ccc1F. The average Bonchev–Trinajstić information content (AvgIpc) is 2.38. The van der Waals surface area contributed by atoms with Crippen molar-refractivity contribution in [2.75, 3.05) is 32.5 Å². The van der Waals surface area contributed by atoms with Gasteiger partial charge in [0.05, 0.1) is 11.3 Å². The lowest BCUT2D eigenvalue weighted by Gasteiger charge is -2.18. The van der Waals surface area contributed by atoms with Crippen LogP contribution in [0.5, 0.6) is 0 Å². The molecule has 1 aromatic rings. The van der Waals surface area contributed by atoms with E-state index in [-0.39, 0.29) is 11.3 Å². The molecule has 0 aliphatic heterocycles. The summed E-state index contributed by atoms with van der Waals surface area (Å²) >= 11 is 0. The molecule has 2 amide bonds. The van der Waals surface area contributed by atoms with E-state index in [0.29, 0.717) is 13.1 Å². The van der Waals surface area contributed by atoms with Crippen LogP contribution in [0, 0.1) is 5.82 Å². The second kappa shape index (κ2) is 6.69. The van der Waals surface area contributed by atoms with E-state index in [1.54, 1.807) is 14.1 Å². The van der Waals surface area contributed by atoms with E-state index in [0.717, 1.165) is 18.2 Å². The van der Waals surface area contributed by atoms with E-state index in [1.807, 2.05) is 0 Å². The van der Waals surface area contributed by atoms with Crippen LogP contribution in [0.25, 0.3) is 0 Å². The number of carbonyl (C=O) groups is 2. The minimum Gasteiger partial charge on any atom is -0.478 e. The maximum Gasteiger partial charge on any atom is 0.335 e. The number of hydrogen-bond donors (Lipinski definition) is 3. The van der Waals surface area contributed by atoms with Gasteiger partial charge in [0.15, 0.2) is 0 Å². The lowest BCUT2D eigenvalue weighted by Crippen LogP contribution is -2.36. The predicted octanol–water partition coefficient (Wildman–Crippen LogP) is 1.21. The van der Waals surface area contributed by atoms with E-state index >= 15 is 0 Å². The molecule has 0 aliphatic rings. The molecule has 0 bridgehead atoms. The number of amides is 2. The summed E-state index contributed by atoms with van der Waals surface area (Å²) in [5.41, 5.74) is -0.240. The summed E-state index contributed by atoms with van der Waals surface area (Å²) in [4.78, 5) is 23.9. The molecule has 0 heterocycles. The van der Waals surface area contributed by atoms with Crippen molar-refractivity contribution < 1.29 is 19.1 Å². The van der Waals surface area contributed by atoms with Crippen LogP contribution >= 0.6 is 0 Å². The molecule has 0 spiro atoms. The molecule has 0 saturated carbocycles. The van der Waals surface area contributed by atoms with Gasteiger partial charge in [-0.25, -0.2) is 14.0 Å². The Morgan fingerprint density at radius 2 is 2.11 bits per heavy atom. The van der Waals surface area contributed by atoms with Crippen molar-refractivity contribution in [3.63, 3.8) is 0 Å². The second-order valence-electron chi connectivity index (χ2n) is 3.96. The zero-order chi connectivity index (χ0) is 14.4. The number of anilines is 1. The number of likely N-dealkylation sites (N-methyl/N-ethyl adjacent to an activating group) is 2. The quantitative estimate of drug-likeness (QED) is 0.750. The number of nitrogens with one attached hydrogen (secondary N) is 2. The molecule has 0 fully saturated rings. The van der Waals surface area contributed by atoms with Crippen molar-refractivity contribution >= 4 is 17.7 Å². The summed E-state index contributed by atoms with van der Waals surface area (Å²) in [5.74, 6) is -1.86. The number of carboxylic acid groups (broad SMARTS) is 1. The van der Waals surface area contributed by atoms with Crippen molar-refractivity contribution in [1.82, 2.24) is 10.2 Å². The van der Waals surface area contributed by atoms with Crippen LogP contribution in [-0.2, 0) is 0 Å². The summed E-state index contributed by atoms with van der Waals surface area (Å²) in [6.45, 7) is 1.05. The van der Waals surface area contributed by atoms with E-state index in [4.69, 9.17) is 5.11 Å².